The van der Waals surface area contributed by atoms with E-state index in [0.29, 0.717) is 47.3 Å². The van der Waals surface area contributed by atoms with Crippen LogP contribution in [0.1, 0.15) is 29.2 Å². The van der Waals surface area contributed by atoms with Crippen molar-refractivity contribution in [3.63, 3.8) is 0 Å². The van der Waals surface area contributed by atoms with Gasteiger partial charge >= 0.3 is 0 Å². The number of nitro groups is 1. The highest BCUT2D eigenvalue weighted by Gasteiger charge is 2.35. The molecule has 1 heterocycles. The number of amides is 2. The monoisotopic (exact) mass is 564 g/mol. The van der Waals surface area contributed by atoms with Crippen LogP contribution in [0.5, 0.6) is 11.5 Å². The number of carbonyl (C=O) groups excluding carboxylic acids is 2. The number of thioether (sulfide) groups is 1. The Hall–Kier alpha value is -4.08. The van der Waals surface area contributed by atoms with E-state index in [4.69, 9.17) is 21.1 Å². The number of nitrogens with zero attached hydrogens (tertiary/aromatic N) is 2. The molecule has 1 fully saturated rings. The second-order valence-corrected chi connectivity index (χ2v) is 9.97. The number of carbonyl (C=O) groups is 2. The predicted molar refractivity (Wildman–Crippen MR) is 152 cm³/mol. The van der Waals surface area contributed by atoms with E-state index < -0.39 is 16.1 Å². The first kappa shape index (κ1) is 27.9. The zero-order chi connectivity index (χ0) is 27.9. The first-order valence-corrected chi connectivity index (χ1v) is 13.2. The molecule has 3 aromatic carbocycles. The van der Waals surface area contributed by atoms with Gasteiger partial charge in [-0.25, -0.2) is 0 Å². The van der Waals surface area contributed by atoms with Gasteiger partial charge in [-0.2, -0.15) is 0 Å². The van der Waals surface area contributed by atoms with Crippen molar-refractivity contribution in [3.05, 3.63) is 116 Å². The van der Waals surface area contributed by atoms with Crippen molar-refractivity contribution >= 4 is 46.3 Å². The van der Waals surface area contributed by atoms with Crippen LogP contribution in [0.3, 0.4) is 0 Å². The summed E-state index contributed by atoms with van der Waals surface area (Å²) >= 11 is 6.80. The number of hydrogen-bond acceptors (Lipinski definition) is 7. The molecule has 0 saturated carbocycles. The summed E-state index contributed by atoms with van der Waals surface area (Å²) in [6.45, 7) is 6.34. The van der Waals surface area contributed by atoms with Gasteiger partial charge in [-0.1, -0.05) is 41.9 Å². The molecule has 10 heteroatoms. The van der Waals surface area contributed by atoms with Crippen LogP contribution in [0, 0.1) is 10.1 Å². The van der Waals surface area contributed by atoms with Crippen LogP contribution in [0.4, 0.5) is 10.5 Å². The molecule has 0 aromatic heterocycles. The van der Waals surface area contributed by atoms with E-state index in [1.807, 2.05) is 25.1 Å². The van der Waals surface area contributed by atoms with Crippen molar-refractivity contribution in [3.8, 4) is 11.5 Å². The van der Waals surface area contributed by atoms with E-state index in [1.54, 1.807) is 36.4 Å². The van der Waals surface area contributed by atoms with Crippen LogP contribution in [0.25, 0.3) is 6.08 Å². The minimum absolute atomic E-state index is 0.0624. The second kappa shape index (κ2) is 12.6. The van der Waals surface area contributed by atoms with Gasteiger partial charge in [0.25, 0.3) is 16.8 Å². The van der Waals surface area contributed by atoms with Crippen molar-refractivity contribution in [1.82, 2.24) is 4.90 Å². The number of allylic oxidation sites excluding steroid dienone is 1. The van der Waals surface area contributed by atoms with Gasteiger partial charge in [0, 0.05) is 22.7 Å². The number of halogens is 1. The molecule has 0 aliphatic carbocycles. The summed E-state index contributed by atoms with van der Waals surface area (Å²) in [5.74, 6) is 0.610. The maximum absolute atomic E-state index is 13.1. The highest BCUT2D eigenvalue weighted by atomic mass is 35.5. The lowest BCUT2D eigenvalue weighted by molar-refractivity contribution is -0.384. The molecule has 3 aromatic rings. The molecule has 200 valence electrons. The van der Waals surface area contributed by atoms with Crippen LogP contribution >= 0.6 is 23.4 Å². The molecule has 0 radical (unpaired) electrons. The molecular weight excluding hydrogens is 540 g/mol. The first-order valence-electron chi connectivity index (χ1n) is 12.1. The van der Waals surface area contributed by atoms with Gasteiger partial charge in [-0.3, -0.25) is 24.6 Å². The lowest BCUT2D eigenvalue weighted by Crippen LogP contribution is -2.27. The molecule has 1 saturated heterocycles. The van der Waals surface area contributed by atoms with E-state index in [1.165, 1.54) is 18.2 Å². The first-order chi connectivity index (χ1) is 18.8. The van der Waals surface area contributed by atoms with Crippen molar-refractivity contribution in [2.24, 2.45) is 0 Å². The Morgan fingerprint density at radius 2 is 1.85 bits per heavy atom. The molecular formula is C29H25ClN2O6S. The fourth-order valence-corrected chi connectivity index (χ4v) is 4.94. The highest BCUT2D eigenvalue weighted by Crippen LogP contribution is 2.38. The smallest absolute Gasteiger partial charge is 0.293 e. The van der Waals surface area contributed by atoms with Crippen LogP contribution in [0.2, 0.25) is 5.02 Å². The molecule has 2 amide bonds. The van der Waals surface area contributed by atoms with Crippen molar-refractivity contribution < 1.29 is 24.0 Å². The maximum atomic E-state index is 13.1. The van der Waals surface area contributed by atoms with E-state index in [2.05, 4.69) is 6.58 Å². The van der Waals surface area contributed by atoms with E-state index in [9.17, 15) is 19.7 Å². The summed E-state index contributed by atoms with van der Waals surface area (Å²) in [4.78, 5) is 37.7. The molecule has 0 bridgehead atoms. The summed E-state index contributed by atoms with van der Waals surface area (Å²) in [5, 5.41) is 11.3. The maximum Gasteiger partial charge on any atom is 0.293 e. The topological polar surface area (TPSA) is 99.0 Å². The van der Waals surface area contributed by atoms with Crippen molar-refractivity contribution in [2.45, 2.75) is 26.5 Å². The number of imide groups is 1. The molecule has 0 N–H and O–H groups in total. The minimum Gasteiger partial charge on any atom is -0.490 e. The molecule has 1 aliphatic heterocycles. The normalized spacial score (nSPS) is 14.1. The summed E-state index contributed by atoms with van der Waals surface area (Å²) in [6.07, 6.45) is 3.87. The Bertz CT molecular complexity index is 1450. The summed E-state index contributed by atoms with van der Waals surface area (Å²) in [6, 6.07) is 16.9. The lowest BCUT2D eigenvalue weighted by Gasteiger charge is -2.17. The SMILES string of the molecule is C=CCc1cc(/C=C2/SC(=O)N(Cc3cccc([N+](=O)[O-])c3)C2=O)cc(OCC)c1OCc1ccc(Cl)cc1. The Morgan fingerprint density at radius 3 is 2.54 bits per heavy atom. The number of hydrogen-bond donors (Lipinski definition) is 0. The number of rotatable bonds is 11. The summed E-state index contributed by atoms with van der Waals surface area (Å²) in [5.41, 5.74) is 2.79. The fourth-order valence-electron chi connectivity index (χ4n) is 3.98. The molecule has 0 spiro atoms. The predicted octanol–water partition coefficient (Wildman–Crippen LogP) is 7.19. The van der Waals surface area contributed by atoms with Crippen LogP contribution in [0.15, 0.2) is 78.2 Å². The van der Waals surface area contributed by atoms with E-state index in [0.717, 1.165) is 27.8 Å². The zero-order valence-corrected chi connectivity index (χ0v) is 22.7. The Morgan fingerprint density at radius 1 is 1.08 bits per heavy atom. The largest absolute Gasteiger partial charge is 0.490 e. The quantitative estimate of drug-likeness (QED) is 0.105. The number of benzene rings is 3. The summed E-state index contributed by atoms with van der Waals surface area (Å²) < 4.78 is 12.0. The minimum atomic E-state index is -0.517. The standard InChI is InChI=1S/C29H25ClN2O6S/c1-3-6-22-13-21(15-25(37-4-2)27(22)38-18-19-9-11-23(30)12-10-19)16-26-28(33)31(29(34)39-26)17-20-7-5-8-24(14-20)32(35)36/h3,5,7-16H,1,4,6,17-18H2,2H3/b26-16+. The lowest BCUT2D eigenvalue weighted by atomic mass is 10.0. The molecule has 0 atom stereocenters. The molecule has 39 heavy (non-hydrogen) atoms. The Kier molecular flexibility index (Phi) is 9.06. The molecule has 8 nitrogen and oxygen atoms in total. The number of non-ortho nitro benzene ring substituents is 1. The van der Waals surface area contributed by atoms with Gasteiger partial charge in [-0.15, -0.1) is 6.58 Å². The van der Waals surface area contributed by atoms with Gasteiger partial charge in [0.15, 0.2) is 11.5 Å². The third-order valence-electron chi connectivity index (χ3n) is 5.75. The molecule has 0 unspecified atom stereocenters. The van der Waals surface area contributed by atoms with Gasteiger partial charge in [-0.05, 0) is 72.1 Å². The Balaban J connectivity index is 1.60. The Labute approximate surface area is 235 Å². The average Bonchev–Trinajstić information content (AvgIpc) is 3.17. The van der Waals surface area contributed by atoms with Gasteiger partial charge in [0.05, 0.1) is 23.0 Å². The second-order valence-electron chi connectivity index (χ2n) is 8.54. The summed E-state index contributed by atoms with van der Waals surface area (Å²) in [7, 11) is 0. The van der Waals surface area contributed by atoms with Gasteiger partial charge < -0.3 is 9.47 Å². The fraction of sp³-hybridized carbons (Fsp3) is 0.172. The third-order valence-corrected chi connectivity index (χ3v) is 6.91. The van der Waals surface area contributed by atoms with Gasteiger partial charge in [0.2, 0.25) is 0 Å². The number of nitro benzene ring substituents is 1. The van der Waals surface area contributed by atoms with E-state index in [-0.39, 0.29) is 17.1 Å². The highest BCUT2D eigenvalue weighted by molar-refractivity contribution is 8.18. The van der Waals surface area contributed by atoms with Crippen LogP contribution in [-0.2, 0) is 24.4 Å². The molecule has 1 aliphatic rings. The zero-order valence-electron chi connectivity index (χ0n) is 21.1. The molecule has 4 rings (SSSR count). The van der Waals surface area contributed by atoms with Crippen molar-refractivity contribution in [1.29, 1.82) is 0 Å². The van der Waals surface area contributed by atoms with Crippen LogP contribution in [-0.4, -0.2) is 27.6 Å². The van der Waals surface area contributed by atoms with E-state index >= 15 is 0 Å². The average molecular weight is 565 g/mol. The van der Waals surface area contributed by atoms with Gasteiger partial charge in [0.1, 0.15) is 6.61 Å². The third kappa shape index (κ3) is 6.87. The number of ether oxygens (including phenoxy) is 2. The van der Waals surface area contributed by atoms with Crippen LogP contribution < -0.4 is 9.47 Å². The van der Waals surface area contributed by atoms with Crippen molar-refractivity contribution in [2.75, 3.05) is 6.61 Å².